The first kappa shape index (κ1) is 14.1. The zero-order valence-corrected chi connectivity index (χ0v) is 11.2. The molecule has 0 fully saturated rings. The van der Waals surface area contributed by atoms with Gasteiger partial charge in [0.1, 0.15) is 11.6 Å². The van der Waals surface area contributed by atoms with Crippen LogP contribution in [0.2, 0.25) is 0 Å². The number of carbonyl (C=O) groups is 1. The Morgan fingerprint density at radius 1 is 1.20 bits per heavy atom. The number of nitrogens with one attached hydrogen (secondary N) is 1. The van der Waals surface area contributed by atoms with Crippen molar-refractivity contribution in [2.75, 3.05) is 6.61 Å². The molecule has 20 heavy (non-hydrogen) atoms. The van der Waals surface area contributed by atoms with E-state index in [1.54, 1.807) is 13.0 Å². The van der Waals surface area contributed by atoms with Crippen LogP contribution in [0.3, 0.4) is 0 Å². The van der Waals surface area contributed by atoms with Crippen molar-refractivity contribution in [2.24, 2.45) is 0 Å². The molecule has 1 N–H and O–H groups in total. The molecule has 2 rings (SSSR count). The molecule has 0 atom stereocenters. The van der Waals surface area contributed by atoms with Crippen LogP contribution in [0.1, 0.15) is 11.1 Å². The van der Waals surface area contributed by atoms with Gasteiger partial charge >= 0.3 is 0 Å². The Bertz CT molecular complexity index is 584. The van der Waals surface area contributed by atoms with Crippen molar-refractivity contribution in [2.45, 2.75) is 13.5 Å². The molecule has 0 bridgehead atoms. The van der Waals surface area contributed by atoms with Crippen molar-refractivity contribution in [1.82, 2.24) is 5.32 Å². The van der Waals surface area contributed by atoms with E-state index in [9.17, 15) is 9.18 Å². The molecule has 0 saturated carbocycles. The van der Waals surface area contributed by atoms with E-state index in [0.29, 0.717) is 17.9 Å². The largest absolute Gasteiger partial charge is 0.484 e. The van der Waals surface area contributed by atoms with Gasteiger partial charge in [-0.2, -0.15) is 0 Å². The quantitative estimate of drug-likeness (QED) is 0.909. The van der Waals surface area contributed by atoms with E-state index >= 15 is 0 Å². The Hall–Kier alpha value is -2.36. The number of aryl methyl sites for hydroxylation is 1. The smallest absolute Gasteiger partial charge is 0.258 e. The Labute approximate surface area is 117 Å². The van der Waals surface area contributed by atoms with E-state index in [1.165, 1.54) is 12.1 Å². The van der Waals surface area contributed by atoms with E-state index < -0.39 is 0 Å². The molecule has 0 spiro atoms. The SMILES string of the molecule is Cc1cc(OCC(=O)NCc2ccccc2)ccc1F. The minimum atomic E-state index is -0.286. The Kier molecular flexibility index (Phi) is 4.71. The van der Waals surface area contributed by atoms with Crippen LogP contribution in [0.15, 0.2) is 48.5 Å². The van der Waals surface area contributed by atoms with Crippen LogP contribution in [0.5, 0.6) is 5.75 Å². The molecule has 0 aliphatic carbocycles. The molecule has 3 nitrogen and oxygen atoms in total. The lowest BCUT2D eigenvalue weighted by molar-refractivity contribution is -0.123. The summed E-state index contributed by atoms with van der Waals surface area (Å²) in [6.45, 7) is 2.03. The van der Waals surface area contributed by atoms with Crippen LogP contribution in [-0.2, 0) is 11.3 Å². The number of hydrogen-bond donors (Lipinski definition) is 1. The Morgan fingerprint density at radius 2 is 1.95 bits per heavy atom. The topological polar surface area (TPSA) is 38.3 Å². The number of rotatable bonds is 5. The first-order valence-electron chi connectivity index (χ1n) is 6.35. The number of amides is 1. The predicted molar refractivity (Wildman–Crippen MR) is 74.9 cm³/mol. The molecular weight excluding hydrogens is 257 g/mol. The highest BCUT2D eigenvalue weighted by molar-refractivity contribution is 5.77. The van der Waals surface area contributed by atoms with Crippen molar-refractivity contribution in [3.05, 3.63) is 65.5 Å². The van der Waals surface area contributed by atoms with Gasteiger partial charge in [0.15, 0.2) is 6.61 Å². The first-order chi connectivity index (χ1) is 9.65. The minimum absolute atomic E-state index is 0.0854. The molecule has 0 aromatic heterocycles. The molecule has 0 aliphatic rings. The Balaban J connectivity index is 1.79. The molecule has 2 aromatic carbocycles. The van der Waals surface area contributed by atoms with Gasteiger partial charge in [0.25, 0.3) is 5.91 Å². The van der Waals surface area contributed by atoms with Crippen molar-refractivity contribution in [3.63, 3.8) is 0 Å². The van der Waals surface area contributed by atoms with Gasteiger partial charge in [0.2, 0.25) is 0 Å². The Morgan fingerprint density at radius 3 is 2.65 bits per heavy atom. The molecule has 2 aromatic rings. The van der Waals surface area contributed by atoms with Crippen LogP contribution in [-0.4, -0.2) is 12.5 Å². The van der Waals surface area contributed by atoms with E-state index in [1.807, 2.05) is 30.3 Å². The maximum atomic E-state index is 13.1. The third-order valence-corrected chi connectivity index (χ3v) is 2.83. The summed E-state index contributed by atoms with van der Waals surface area (Å²) in [5.74, 6) is -0.0135. The second-order valence-electron chi connectivity index (χ2n) is 4.46. The van der Waals surface area contributed by atoms with Crippen LogP contribution in [0.4, 0.5) is 4.39 Å². The van der Waals surface area contributed by atoms with Gasteiger partial charge in [0, 0.05) is 6.54 Å². The van der Waals surface area contributed by atoms with E-state index in [4.69, 9.17) is 4.74 Å². The third-order valence-electron chi connectivity index (χ3n) is 2.83. The maximum Gasteiger partial charge on any atom is 0.258 e. The fourth-order valence-corrected chi connectivity index (χ4v) is 1.70. The normalized spacial score (nSPS) is 10.1. The summed E-state index contributed by atoms with van der Waals surface area (Å²) < 4.78 is 18.4. The zero-order valence-electron chi connectivity index (χ0n) is 11.2. The summed E-state index contributed by atoms with van der Waals surface area (Å²) in [5, 5.41) is 2.76. The fraction of sp³-hybridized carbons (Fsp3) is 0.188. The number of ether oxygens (including phenoxy) is 1. The predicted octanol–water partition coefficient (Wildman–Crippen LogP) is 2.83. The molecule has 104 valence electrons. The highest BCUT2D eigenvalue weighted by Gasteiger charge is 2.04. The van der Waals surface area contributed by atoms with Crippen molar-refractivity contribution < 1.29 is 13.9 Å². The maximum absolute atomic E-state index is 13.1. The van der Waals surface area contributed by atoms with E-state index in [-0.39, 0.29) is 18.3 Å². The van der Waals surface area contributed by atoms with Crippen LogP contribution >= 0.6 is 0 Å². The molecule has 1 amide bonds. The summed E-state index contributed by atoms with van der Waals surface area (Å²) in [6, 6.07) is 14.0. The number of hydrogen-bond acceptors (Lipinski definition) is 2. The lowest BCUT2D eigenvalue weighted by Crippen LogP contribution is -2.28. The first-order valence-corrected chi connectivity index (χ1v) is 6.35. The van der Waals surface area contributed by atoms with Crippen molar-refractivity contribution >= 4 is 5.91 Å². The van der Waals surface area contributed by atoms with Gasteiger partial charge in [-0.1, -0.05) is 30.3 Å². The van der Waals surface area contributed by atoms with Crippen molar-refractivity contribution in [3.8, 4) is 5.75 Å². The van der Waals surface area contributed by atoms with Crippen LogP contribution < -0.4 is 10.1 Å². The van der Waals surface area contributed by atoms with E-state index in [2.05, 4.69) is 5.32 Å². The van der Waals surface area contributed by atoms with Gasteiger partial charge < -0.3 is 10.1 Å². The van der Waals surface area contributed by atoms with Gasteiger partial charge in [-0.3, -0.25) is 4.79 Å². The van der Waals surface area contributed by atoms with Crippen LogP contribution in [0, 0.1) is 12.7 Å². The molecule has 0 heterocycles. The second-order valence-corrected chi connectivity index (χ2v) is 4.46. The minimum Gasteiger partial charge on any atom is -0.484 e. The lowest BCUT2D eigenvalue weighted by atomic mass is 10.2. The number of benzene rings is 2. The number of carbonyl (C=O) groups excluding carboxylic acids is 1. The second kappa shape index (κ2) is 6.70. The number of halogens is 1. The molecule has 0 saturated heterocycles. The van der Waals surface area contributed by atoms with Gasteiger partial charge in [-0.15, -0.1) is 0 Å². The molecule has 0 aliphatic heterocycles. The van der Waals surface area contributed by atoms with Gasteiger partial charge in [-0.05, 0) is 36.2 Å². The summed E-state index contributed by atoms with van der Waals surface area (Å²) >= 11 is 0. The molecule has 0 radical (unpaired) electrons. The monoisotopic (exact) mass is 273 g/mol. The fourth-order valence-electron chi connectivity index (χ4n) is 1.70. The summed E-state index contributed by atoms with van der Waals surface area (Å²) in [5.41, 5.74) is 1.52. The zero-order chi connectivity index (χ0) is 14.4. The molecule has 0 unspecified atom stereocenters. The van der Waals surface area contributed by atoms with Crippen molar-refractivity contribution in [1.29, 1.82) is 0 Å². The lowest BCUT2D eigenvalue weighted by Gasteiger charge is -2.08. The highest BCUT2D eigenvalue weighted by Crippen LogP contribution is 2.15. The third kappa shape index (κ3) is 4.09. The van der Waals surface area contributed by atoms with Gasteiger partial charge in [0.05, 0.1) is 0 Å². The molecule has 4 heteroatoms. The average molecular weight is 273 g/mol. The van der Waals surface area contributed by atoms with Gasteiger partial charge in [-0.25, -0.2) is 4.39 Å². The summed E-state index contributed by atoms with van der Waals surface area (Å²) in [4.78, 5) is 11.6. The summed E-state index contributed by atoms with van der Waals surface area (Å²) in [7, 11) is 0. The van der Waals surface area contributed by atoms with Crippen LogP contribution in [0.25, 0.3) is 0 Å². The standard InChI is InChI=1S/C16H16FNO2/c1-12-9-14(7-8-15(12)17)20-11-16(19)18-10-13-5-3-2-4-6-13/h2-9H,10-11H2,1H3,(H,18,19). The average Bonchev–Trinajstić information content (AvgIpc) is 2.47. The molecular formula is C16H16FNO2. The van der Waals surface area contributed by atoms with E-state index in [0.717, 1.165) is 5.56 Å². The highest BCUT2D eigenvalue weighted by atomic mass is 19.1. The summed E-state index contributed by atoms with van der Waals surface area (Å²) in [6.07, 6.45) is 0.